The number of nitrogens with one attached hydrogen (secondary N) is 1. The number of rotatable bonds is 1. The van der Waals surface area contributed by atoms with Gasteiger partial charge in [0, 0.05) is 20.8 Å². The number of carbonyl (C=O) groups is 2. The fourth-order valence-corrected chi connectivity index (χ4v) is 3.71. The van der Waals surface area contributed by atoms with Gasteiger partial charge in [-0.2, -0.15) is 0 Å². The van der Waals surface area contributed by atoms with Crippen molar-refractivity contribution in [1.29, 1.82) is 0 Å². The molecule has 1 aromatic carbocycles. The minimum absolute atomic E-state index is 0.0209. The molecule has 23 heavy (non-hydrogen) atoms. The number of carbonyl (C=O) groups excluding carboxylic acids is 2. The van der Waals surface area contributed by atoms with Crippen molar-refractivity contribution in [3.05, 3.63) is 55.7 Å². The van der Waals surface area contributed by atoms with Crippen LogP contribution in [0.2, 0.25) is 0 Å². The SMILES string of the molecule is O=C1COCC2=C1[C@H](c1ccc(F)c(I)c1)C1=C(COC1=O)N2. The van der Waals surface area contributed by atoms with Crippen molar-refractivity contribution in [1.82, 2.24) is 5.32 Å². The van der Waals surface area contributed by atoms with Gasteiger partial charge in [0.05, 0.1) is 17.9 Å². The lowest BCUT2D eigenvalue weighted by Gasteiger charge is -2.31. The molecule has 4 rings (SSSR count). The Morgan fingerprint density at radius 3 is 2.70 bits per heavy atom. The van der Waals surface area contributed by atoms with Gasteiger partial charge in [0.2, 0.25) is 0 Å². The third kappa shape index (κ3) is 2.29. The van der Waals surface area contributed by atoms with Crippen LogP contribution in [0.5, 0.6) is 0 Å². The van der Waals surface area contributed by atoms with Crippen LogP contribution in [0, 0.1) is 9.39 Å². The van der Waals surface area contributed by atoms with E-state index in [2.05, 4.69) is 5.32 Å². The number of hydrogen-bond acceptors (Lipinski definition) is 5. The number of benzene rings is 1. The average Bonchev–Trinajstić information content (AvgIpc) is 2.90. The second-order valence-electron chi connectivity index (χ2n) is 5.51. The summed E-state index contributed by atoms with van der Waals surface area (Å²) in [5.74, 6) is -1.49. The molecule has 5 nitrogen and oxygen atoms in total. The standard InChI is InChI=1S/C16H11FINO4/c17-8-2-1-7(3-9(8)18)13-14-10(4-22-6-12(14)20)19-11-5-23-16(21)15(11)13/h1-3,13,19H,4-6H2/t13-/m0/s1. The second kappa shape index (κ2) is 5.41. The Morgan fingerprint density at radius 1 is 1.13 bits per heavy atom. The van der Waals surface area contributed by atoms with Crippen LogP contribution >= 0.6 is 22.6 Å². The molecule has 7 heteroatoms. The summed E-state index contributed by atoms with van der Waals surface area (Å²) in [4.78, 5) is 24.5. The van der Waals surface area contributed by atoms with E-state index in [-0.39, 0.29) is 31.4 Å². The molecule has 0 bridgehead atoms. The van der Waals surface area contributed by atoms with Gasteiger partial charge in [-0.05, 0) is 40.3 Å². The van der Waals surface area contributed by atoms with E-state index in [1.807, 2.05) is 22.6 Å². The highest BCUT2D eigenvalue weighted by molar-refractivity contribution is 14.1. The molecule has 3 heterocycles. The molecule has 0 fully saturated rings. The zero-order valence-electron chi connectivity index (χ0n) is 11.8. The summed E-state index contributed by atoms with van der Waals surface area (Å²) in [6.07, 6.45) is 0. The summed E-state index contributed by atoms with van der Waals surface area (Å²) in [6, 6.07) is 4.62. The molecule has 1 atom stereocenters. The predicted molar refractivity (Wildman–Crippen MR) is 85.8 cm³/mol. The maximum absolute atomic E-state index is 13.6. The first-order valence-electron chi connectivity index (χ1n) is 7.02. The summed E-state index contributed by atoms with van der Waals surface area (Å²) in [5.41, 5.74) is 2.95. The van der Waals surface area contributed by atoms with Gasteiger partial charge in [0.25, 0.3) is 0 Å². The number of hydrogen-bond donors (Lipinski definition) is 1. The Morgan fingerprint density at radius 2 is 1.91 bits per heavy atom. The number of Topliss-reactive ketones (excluding diaryl/α,β-unsaturated/α-hetero) is 1. The van der Waals surface area contributed by atoms with Crippen molar-refractivity contribution in [3.8, 4) is 0 Å². The Labute approximate surface area is 144 Å². The van der Waals surface area contributed by atoms with Crippen LogP contribution in [0.25, 0.3) is 0 Å². The van der Waals surface area contributed by atoms with Crippen molar-refractivity contribution < 1.29 is 23.5 Å². The van der Waals surface area contributed by atoms with Crippen LogP contribution in [-0.2, 0) is 19.1 Å². The van der Waals surface area contributed by atoms with E-state index >= 15 is 0 Å². The first-order chi connectivity index (χ1) is 11.1. The van der Waals surface area contributed by atoms with Crippen molar-refractivity contribution >= 4 is 34.3 Å². The number of esters is 1. The molecular formula is C16H11FINO4. The molecule has 3 aliphatic heterocycles. The molecule has 3 aliphatic rings. The minimum atomic E-state index is -0.540. The van der Waals surface area contributed by atoms with Gasteiger partial charge >= 0.3 is 5.97 Å². The summed E-state index contributed by atoms with van der Waals surface area (Å²) < 4.78 is 24.4. The highest BCUT2D eigenvalue weighted by atomic mass is 127. The van der Waals surface area contributed by atoms with E-state index < -0.39 is 11.9 Å². The maximum atomic E-state index is 13.6. The van der Waals surface area contributed by atoms with Crippen molar-refractivity contribution in [2.45, 2.75) is 5.92 Å². The highest BCUT2D eigenvalue weighted by Crippen LogP contribution is 2.42. The Bertz CT molecular complexity index is 814. The van der Waals surface area contributed by atoms with E-state index in [1.54, 1.807) is 12.1 Å². The molecule has 0 unspecified atom stereocenters. The molecule has 0 amide bonds. The third-order valence-electron chi connectivity index (χ3n) is 4.15. The summed E-state index contributed by atoms with van der Waals surface area (Å²) >= 11 is 1.90. The molecule has 0 radical (unpaired) electrons. The molecule has 0 aliphatic carbocycles. The van der Waals surface area contributed by atoms with E-state index in [1.165, 1.54) is 6.07 Å². The normalized spacial score (nSPS) is 23.5. The lowest BCUT2D eigenvalue weighted by Crippen LogP contribution is -2.37. The van der Waals surface area contributed by atoms with Gasteiger partial charge in [-0.1, -0.05) is 6.07 Å². The zero-order valence-corrected chi connectivity index (χ0v) is 14.0. The van der Waals surface area contributed by atoms with Crippen molar-refractivity contribution in [3.63, 3.8) is 0 Å². The zero-order chi connectivity index (χ0) is 16.1. The van der Waals surface area contributed by atoms with Crippen molar-refractivity contribution in [2.75, 3.05) is 19.8 Å². The van der Waals surface area contributed by atoms with Gasteiger partial charge in [0.15, 0.2) is 5.78 Å². The largest absolute Gasteiger partial charge is 0.456 e. The molecule has 0 saturated carbocycles. The molecule has 1 aromatic rings. The van der Waals surface area contributed by atoms with Gasteiger partial charge < -0.3 is 14.8 Å². The number of halogens is 2. The Hall–Kier alpha value is -1.74. The summed E-state index contributed by atoms with van der Waals surface area (Å²) in [7, 11) is 0. The number of ketones is 1. The molecule has 0 aromatic heterocycles. The van der Waals surface area contributed by atoms with Crippen molar-refractivity contribution in [2.24, 2.45) is 0 Å². The van der Waals surface area contributed by atoms with E-state index in [0.29, 0.717) is 31.7 Å². The van der Waals surface area contributed by atoms with E-state index in [4.69, 9.17) is 9.47 Å². The van der Waals surface area contributed by atoms with Gasteiger partial charge in [-0.15, -0.1) is 0 Å². The van der Waals surface area contributed by atoms with Crippen LogP contribution in [0.1, 0.15) is 11.5 Å². The van der Waals surface area contributed by atoms with Gasteiger partial charge in [-0.3, -0.25) is 4.79 Å². The van der Waals surface area contributed by atoms with Gasteiger partial charge in [0.1, 0.15) is 19.0 Å². The van der Waals surface area contributed by atoms with E-state index in [0.717, 1.165) is 0 Å². The fraction of sp³-hybridized carbons (Fsp3) is 0.250. The monoisotopic (exact) mass is 427 g/mol. The average molecular weight is 427 g/mol. The third-order valence-corrected chi connectivity index (χ3v) is 4.98. The Kier molecular flexibility index (Phi) is 3.49. The number of cyclic esters (lactones) is 1. The van der Waals surface area contributed by atoms with Crippen LogP contribution in [-0.4, -0.2) is 31.6 Å². The fourth-order valence-electron chi connectivity index (χ4n) is 3.17. The van der Waals surface area contributed by atoms with E-state index in [9.17, 15) is 14.0 Å². The summed E-state index contributed by atoms with van der Waals surface area (Å²) in [5, 5.41) is 3.10. The molecule has 0 saturated heterocycles. The lowest BCUT2D eigenvalue weighted by molar-refractivity contribution is -0.136. The van der Waals surface area contributed by atoms with Gasteiger partial charge in [-0.25, -0.2) is 9.18 Å². The smallest absolute Gasteiger partial charge is 0.337 e. The number of ether oxygens (including phenoxy) is 2. The lowest BCUT2D eigenvalue weighted by atomic mass is 9.78. The number of dihydropyridines is 1. The first kappa shape index (κ1) is 14.8. The predicted octanol–water partition coefficient (Wildman–Crippen LogP) is 1.78. The topological polar surface area (TPSA) is 64.6 Å². The van der Waals surface area contributed by atoms with Crippen LogP contribution in [0.4, 0.5) is 4.39 Å². The summed E-state index contributed by atoms with van der Waals surface area (Å²) in [6.45, 7) is 0.404. The van der Waals surface area contributed by atoms with Crippen LogP contribution < -0.4 is 5.32 Å². The van der Waals surface area contributed by atoms with Crippen LogP contribution in [0.3, 0.4) is 0 Å². The highest BCUT2D eigenvalue weighted by Gasteiger charge is 2.43. The molecule has 118 valence electrons. The molecule has 1 N–H and O–H groups in total. The minimum Gasteiger partial charge on any atom is -0.456 e. The first-order valence-corrected chi connectivity index (χ1v) is 8.10. The maximum Gasteiger partial charge on any atom is 0.337 e. The van der Waals surface area contributed by atoms with Crippen LogP contribution in [0.15, 0.2) is 40.7 Å². The second-order valence-corrected chi connectivity index (χ2v) is 6.67. The Balaban J connectivity index is 1.91. The molecular weight excluding hydrogens is 416 g/mol. The molecule has 0 spiro atoms. The quantitative estimate of drug-likeness (QED) is 0.547.